The lowest BCUT2D eigenvalue weighted by atomic mass is 9.88. The SMILES string of the molecule is CC1CC(N)CC(Br)C1. The van der Waals surface area contributed by atoms with E-state index in [0.29, 0.717) is 10.9 Å². The van der Waals surface area contributed by atoms with Crippen molar-refractivity contribution >= 4 is 15.9 Å². The molecule has 0 aromatic heterocycles. The van der Waals surface area contributed by atoms with Crippen LogP contribution in [0.1, 0.15) is 26.2 Å². The van der Waals surface area contributed by atoms with Crippen LogP contribution >= 0.6 is 15.9 Å². The van der Waals surface area contributed by atoms with Gasteiger partial charge in [0, 0.05) is 10.9 Å². The van der Waals surface area contributed by atoms with Crippen LogP contribution < -0.4 is 5.73 Å². The van der Waals surface area contributed by atoms with Crippen LogP contribution in [0.25, 0.3) is 0 Å². The minimum absolute atomic E-state index is 0.443. The number of alkyl halides is 1. The fourth-order valence-electron chi connectivity index (χ4n) is 1.57. The Balaban J connectivity index is 2.34. The van der Waals surface area contributed by atoms with E-state index in [-0.39, 0.29) is 0 Å². The number of nitrogens with two attached hydrogens (primary N) is 1. The average Bonchev–Trinajstić information content (AvgIpc) is 1.59. The molecule has 1 aliphatic rings. The zero-order valence-electron chi connectivity index (χ0n) is 5.81. The Morgan fingerprint density at radius 2 is 2.00 bits per heavy atom. The molecule has 0 saturated heterocycles. The molecule has 0 aromatic rings. The molecule has 0 amide bonds. The minimum Gasteiger partial charge on any atom is -0.328 e. The standard InChI is InChI=1S/C7H14BrN/c1-5-2-6(8)4-7(9)3-5/h5-7H,2-4,9H2,1H3. The summed E-state index contributed by atoms with van der Waals surface area (Å²) in [4.78, 5) is 0.677. The van der Waals surface area contributed by atoms with Gasteiger partial charge in [0.15, 0.2) is 0 Å². The van der Waals surface area contributed by atoms with Crippen molar-refractivity contribution in [1.29, 1.82) is 0 Å². The third-order valence-corrected chi connectivity index (χ3v) is 2.67. The average molecular weight is 192 g/mol. The lowest BCUT2D eigenvalue weighted by Gasteiger charge is -2.27. The van der Waals surface area contributed by atoms with E-state index < -0.39 is 0 Å². The largest absolute Gasteiger partial charge is 0.328 e. The first-order valence-corrected chi connectivity index (χ1v) is 4.49. The van der Waals surface area contributed by atoms with E-state index >= 15 is 0 Å². The van der Waals surface area contributed by atoms with E-state index in [2.05, 4.69) is 22.9 Å². The van der Waals surface area contributed by atoms with Gasteiger partial charge >= 0.3 is 0 Å². The van der Waals surface area contributed by atoms with E-state index in [0.717, 1.165) is 12.3 Å². The zero-order chi connectivity index (χ0) is 6.85. The topological polar surface area (TPSA) is 26.0 Å². The minimum atomic E-state index is 0.443. The summed E-state index contributed by atoms with van der Waals surface area (Å²) in [6.07, 6.45) is 3.67. The summed E-state index contributed by atoms with van der Waals surface area (Å²) in [6.45, 7) is 2.27. The summed E-state index contributed by atoms with van der Waals surface area (Å²) >= 11 is 3.59. The summed E-state index contributed by atoms with van der Waals surface area (Å²) in [7, 11) is 0. The van der Waals surface area contributed by atoms with E-state index in [1.165, 1.54) is 12.8 Å². The van der Waals surface area contributed by atoms with Crippen molar-refractivity contribution in [1.82, 2.24) is 0 Å². The molecule has 0 aromatic carbocycles. The Kier molecular flexibility index (Phi) is 2.53. The van der Waals surface area contributed by atoms with Crippen molar-refractivity contribution in [2.24, 2.45) is 11.7 Å². The maximum Gasteiger partial charge on any atom is 0.0163 e. The molecule has 0 spiro atoms. The second-order valence-corrected chi connectivity index (χ2v) is 4.46. The van der Waals surface area contributed by atoms with Gasteiger partial charge in [0.05, 0.1) is 0 Å². The summed E-state index contributed by atoms with van der Waals surface area (Å²) in [6, 6.07) is 0.443. The molecule has 1 aliphatic carbocycles. The number of hydrogen-bond acceptors (Lipinski definition) is 1. The molecule has 1 saturated carbocycles. The second-order valence-electron chi connectivity index (χ2n) is 3.17. The normalized spacial score (nSPS) is 45.0. The van der Waals surface area contributed by atoms with Crippen molar-refractivity contribution in [3.8, 4) is 0 Å². The van der Waals surface area contributed by atoms with Crippen LogP contribution in [0, 0.1) is 5.92 Å². The molecule has 3 atom stereocenters. The lowest BCUT2D eigenvalue weighted by molar-refractivity contribution is 0.355. The van der Waals surface area contributed by atoms with Crippen LogP contribution in [0.15, 0.2) is 0 Å². The highest BCUT2D eigenvalue weighted by Crippen LogP contribution is 2.27. The molecule has 1 nitrogen and oxygen atoms in total. The fourth-order valence-corrected chi connectivity index (χ4v) is 2.69. The molecule has 2 heteroatoms. The summed E-state index contributed by atoms with van der Waals surface area (Å²) in [5.74, 6) is 0.818. The van der Waals surface area contributed by atoms with Gasteiger partial charge in [-0.25, -0.2) is 0 Å². The van der Waals surface area contributed by atoms with Crippen LogP contribution in [0.4, 0.5) is 0 Å². The summed E-state index contributed by atoms with van der Waals surface area (Å²) in [5.41, 5.74) is 5.79. The van der Waals surface area contributed by atoms with Gasteiger partial charge in [-0.1, -0.05) is 22.9 Å². The highest BCUT2D eigenvalue weighted by molar-refractivity contribution is 9.09. The number of hydrogen-bond donors (Lipinski definition) is 1. The van der Waals surface area contributed by atoms with Crippen molar-refractivity contribution in [3.05, 3.63) is 0 Å². The maximum atomic E-state index is 5.79. The van der Waals surface area contributed by atoms with E-state index in [9.17, 15) is 0 Å². The van der Waals surface area contributed by atoms with Crippen molar-refractivity contribution in [2.45, 2.75) is 37.1 Å². The van der Waals surface area contributed by atoms with Gasteiger partial charge < -0.3 is 5.73 Å². The maximum absolute atomic E-state index is 5.79. The zero-order valence-corrected chi connectivity index (χ0v) is 7.39. The number of halogens is 1. The van der Waals surface area contributed by atoms with Gasteiger partial charge in [0.2, 0.25) is 0 Å². The fraction of sp³-hybridized carbons (Fsp3) is 1.00. The molecular weight excluding hydrogens is 178 g/mol. The lowest BCUT2D eigenvalue weighted by Crippen LogP contribution is -2.31. The number of rotatable bonds is 0. The molecule has 0 heterocycles. The van der Waals surface area contributed by atoms with E-state index in [1.807, 2.05) is 0 Å². The van der Waals surface area contributed by atoms with Gasteiger partial charge in [-0.15, -0.1) is 0 Å². The van der Waals surface area contributed by atoms with Crippen LogP contribution in [-0.2, 0) is 0 Å². The van der Waals surface area contributed by atoms with Gasteiger partial charge in [0.25, 0.3) is 0 Å². The van der Waals surface area contributed by atoms with E-state index in [4.69, 9.17) is 5.73 Å². The quantitative estimate of drug-likeness (QED) is 0.583. The van der Waals surface area contributed by atoms with Crippen molar-refractivity contribution in [2.75, 3.05) is 0 Å². The highest BCUT2D eigenvalue weighted by atomic mass is 79.9. The Morgan fingerprint density at radius 1 is 1.33 bits per heavy atom. The van der Waals surface area contributed by atoms with Crippen LogP contribution in [0.5, 0.6) is 0 Å². The molecule has 1 fully saturated rings. The molecular formula is C7H14BrN. The first-order valence-electron chi connectivity index (χ1n) is 3.58. The van der Waals surface area contributed by atoms with Crippen LogP contribution in [0.2, 0.25) is 0 Å². The molecule has 0 radical (unpaired) electrons. The van der Waals surface area contributed by atoms with Crippen molar-refractivity contribution in [3.63, 3.8) is 0 Å². The van der Waals surface area contributed by atoms with Crippen LogP contribution in [0.3, 0.4) is 0 Å². The summed E-state index contributed by atoms with van der Waals surface area (Å²) < 4.78 is 0. The first kappa shape index (κ1) is 7.55. The predicted octanol–water partition coefficient (Wildman–Crippen LogP) is 1.90. The van der Waals surface area contributed by atoms with Gasteiger partial charge in [0.1, 0.15) is 0 Å². The van der Waals surface area contributed by atoms with Crippen molar-refractivity contribution < 1.29 is 0 Å². The Morgan fingerprint density at radius 3 is 2.44 bits per heavy atom. The highest BCUT2D eigenvalue weighted by Gasteiger charge is 2.21. The molecule has 2 N–H and O–H groups in total. The van der Waals surface area contributed by atoms with E-state index in [1.54, 1.807) is 0 Å². The molecule has 0 bridgehead atoms. The molecule has 9 heavy (non-hydrogen) atoms. The monoisotopic (exact) mass is 191 g/mol. The predicted molar refractivity (Wildman–Crippen MR) is 43.7 cm³/mol. The van der Waals surface area contributed by atoms with Gasteiger partial charge in [-0.2, -0.15) is 0 Å². The Hall–Kier alpha value is 0.440. The Bertz CT molecular complexity index is 69.9. The first-order chi connectivity index (χ1) is 4.18. The van der Waals surface area contributed by atoms with Gasteiger partial charge in [-0.05, 0) is 25.2 Å². The molecule has 1 rings (SSSR count). The smallest absolute Gasteiger partial charge is 0.0163 e. The van der Waals surface area contributed by atoms with Crippen LogP contribution in [-0.4, -0.2) is 10.9 Å². The third-order valence-electron chi connectivity index (χ3n) is 1.92. The molecule has 3 unspecified atom stereocenters. The summed E-state index contributed by atoms with van der Waals surface area (Å²) in [5, 5.41) is 0. The Labute approximate surface area is 65.1 Å². The molecule has 54 valence electrons. The second kappa shape index (κ2) is 3.02. The van der Waals surface area contributed by atoms with Gasteiger partial charge in [-0.3, -0.25) is 0 Å². The molecule has 0 aliphatic heterocycles. The third kappa shape index (κ3) is 2.26.